The number of pyridine rings is 1. The quantitative estimate of drug-likeness (QED) is 0.685. The highest BCUT2D eigenvalue weighted by molar-refractivity contribution is 5.24. The Morgan fingerprint density at radius 2 is 2.08 bits per heavy atom. The first-order valence-electron chi connectivity index (χ1n) is 3.89. The number of aryl methyl sites for hydroxylation is 1. The highest BCUT2D eigenvalue weighted by Gasteiger charge is 2.15. The molecule has 0 aliphatic heterocycles. The zero-order valence-electron chi connectivity index (χ0n) is 7.23. The van der Waals surface area contributed by atoms with Gasteiger partial charge in [-0.2, -0.15) is 0 Å². The lowest BCUT2D eigenvalue weighted by Crippen LogP contribution is -2.15. The van der Waals surface area contributed by atoms with Gasteiger partial charge < -0.3 is 10.2 Å². The van der Waals surface area contributed by atoms with Gasteiger partial charge in [0.2, 0.25) is 0 Å². The lowest BCUT2D eigenvalue weighted by Gasteiger charge is -2.15. The largest absolute Gasteiger partial charge is 0.390 e. The molecular weight excluding hydrogens is 154 g/mol. The Labute approximate surface area is 71.7 Å². The van der Waals surface area contributed by atoms with E-state index in [1.165, 1.54) is 0 Å². The molecule has 0 saturated heterocycles. The summed E-state index contributed by atoms with van der Waals surface area (Å²) < 4.78 is 0. The molecule has 0 spiro atoms. The Morgan fingerprint density at radius 3 is 2.58 bits per heavy atom. The standard InChI is InChI=1S/C9H13NO2/c1-6-3-4-10-5-8(6)9(12)7(2)11/h3-5,7,9,11-12H,1-2H3. The summed E-state index contributed by atoms with van der Waals surface area (Å²) in [4.78, 5) is 3.88. The van der Waals surface area contributed by atoms with Crippen LogP contribution in [0.4, 0.5) is 0 Å². The van der Waals surface area contributed by atoms with Crippen LogP contribution in [0.2, 0.25) is 0 Å². The second kappa shape index (κ2) is 3.65. The van der Waals surface area contributed by atoms with E-state index in [0.29, 0.717) is 5.56 Å². The Hall–Kier alpha value is -0.930. The molecule has 0 fully saturated rings. The molecule has 1 aromatic heterocycles. The molecule has 1 heterocycles. The van der Waals surface area contributed by atoms with Crippen LogP contribution in [0.3, 0.4) is 0 Å². The highest BCUT2D eigenvalue weighted by Crippen LogP contribution is 2.18. The van der Waals surface area contributed by atoms with Crippen LogP contribution in [0.15, 0.2) is 18.5 Å². The summed E-state index contributed by atoms with van der Waals surface area (Å²) in [6.07, 6.45) is 1.65. The van der Waals surface area contributed by atoms with E-state index >= 15 is 0 Å². The van der Waals surface area contributed by atoms with E-state index in [1.54, 1.807) is 25.4 Å². The van der Waals surface area contributed by atoms with Crippen molar-refractivity contribution in [1.29, 1.82) is 0 Å². The third-order valence-corrected chi connectivity index (χ3v) is 1.86. The maximum atomic E-state index is 9.49. The second-order valence-corrected chi connectivity index (χ2v) is 2.92. The Bertz CT molecular complexity index is 260. The van der Waals surface area contributed by atoms with Crippen molar-refractivity contribution in [3.05, 3.63) is 29.6 Å². The van der Waals surface area contributed by atoms with Gasteiger partial charge in [-0.15, -0.1) is 0 Å². The van der Waals surface area contributed by atoms with Crippen molar-refractivity contribution in [3.63, 3.8) is 0 Å². The predicted octanol–water partition coefficient (Wildman–Crippen LogP) is 0.804. The topological polar surface area (TPSA) is 53.4 Å². The van der Waals surface area contributed by atoms with E-state index in [-0.39, 0.29) is 0 Å². The van der Waals surface area contributed by atoms with Crippen LogP contribution >= 0.6 is 0 Å². The van der Waals surface area contributed by atoms with Crippen LogP contribution in [0.25, 0.3) is 0 Å². The summed E-state index contributed by atoms with van der Waals surface area (Å²) in [7, 11) is 0. The van der Waals surface area contributed by atoms with E-state index in [0.717, 1.165) is 5.56 Å². The van der Waals surface area contributed by atoms with E-state index in [2.05, 4.69) is 4.98 Å². The molecule has 3 heteroatoms. The minimum Gasteiger partial charge on any atom is -0.390 e. The first-order valence-corrected chi connectivity index (χ1v) is 3.89. The molecule has 0 aliphatic carbocycles. The summed E-state index contributed by atoms with van der Waals surface area (Å²) >= 11 is 0. The highest BCUT2D eigenvalue weighted by atomic mass is 16.3. The van der Waals surface area contributed by atoms with Crippen LogP contribution in [0.1, 0.15) is 24.2 Å². The molecule has 2 unspecified atom stereocenters. The molecule has 2 atom stereocenters. The van der Waals surface area contributed by atoms with Crippen molar-refractivity contribution in [2.24, 2.45) is 0 Å². The van der Waals surface area contributed by atoms with Crippen molar-refractivity contribution in [1.82, 2.24) is 4.98 Å². The predicted molar refractivity (Wildman–Crippen MR) is 45.6 cm³/mol. The minimum absolute atomic E-state index is 0.688. The van der Waals surface area contributed by atoms with Crippen molar-refractivity contribution in [2.75, 3.05) is 0 Å². The van der Waals surface area contributed by atoms with E-state index in [9.17, 15) is 5.11 Å². The Kier molecular flexibility index (Phi) is 2.78. The average molecular weight is 167 g/mol. The molecule has 1 aromatic rings. The molecule has 0 radical (unpaired) electrons. The number of hydrogen-bond acceptors (Lipinski definition) is 3. The zero-order valence-corrected chi connectivity index (χ0v) is 7.23. The van der Waals surface area contributed by atoms with Gasteiger partial charge >= 0.3 is 0 Å². The molecule has 2 N–H and O–H groups in total. The Balaban J connectivity index is 2.94. The van der Waals surface area contributed by atoms with Gasteiger partial charge in [-0.1, -0.05) is 0 Å². The van der Waals surface area contributed by atoms with Gasteiger partial charge in [-0.3, -0.25) is 4.98 Å². The zero-order chi connectivity index (χ0) is 9.14. The first-order chi connectivity index (χ1) is 5.63. The summed E-state index contributed by atoms with van der Waals surface area (Å²) in [6, 6.07) is 1.81. The van der Waals surface area contributed by atoms with Crippen molar-refractivity contribution < 1.29 is 10.2 Å². The monoisotopic (exact) mass is 167 g/mol. The summed E-state index contributed by atoms with van der Waals surface area (Å²) in [5.74, 6) is 0. The minimum atomic E-state index is -0.835. The molecule has 0 amide bonds. The number of rotatable bonds is 2. The van der Waals surface area contributed by atoms with Gasteiger partial charge in [0.05, 0.1) is 6.10 Å². The maximum Gasteiger partial charge on any atom is 0.106 e. The molecule has 0 aromatic carbocycles. The third kappa shape index (κ3) is 1.81. The van der Waals surface area contributed by atoms with Crippen LogP contribution in [0, 0.1) is 6.92 Å². The fourth-order valence-corrected chi connectivity index (χ4v) is 1.05. The Morgan fingerprint density at radius 1 is 1.42 bits per heavy atom. The van der Waals surface area contributed by atoms with Crippen LogP contribution in [0.5, 0.6) is 0 Å². The normalized spacial score (nSPS) is 15.7. The average Bonchev–Trinajstić information content (AvgIpc) is 2.04. The van der Waals surface area contributed by atoms with Crippen molar-refractivity contribution >= 4 is 0 Å². The van der Waals surface area contributed by atoms with Gasteiger partial charge in [-0.25, -0.2) is 0 Å². The molecule has 1 rings (SSSR count). The first kappa shape index (κ1) is 9.16. The number of aliphatic hydroxyl groups excluding tert-OH is 2. The van der Waals surface area contributed by atoms with E-state index < -0.39 is 12.2 Å². The van der Waals surface area contributed by atoms with Gasteiger partial charge in [-0.05, 0) is 25.5 Å². The molecule has 0 aliphatic rings. The maximum absolute atomic E-state index is 9.49. The molecule has 0 bridgehead atoms. The lowest BCUT2D eigenvalue weighted by atomic mass is 10.0. The summed E-state index contributed by atoms with van der Waals surface area (Å²) in [5.41, 5.74) is 1.63. The van der Waals surface area contributed by atoms with Crippen molar-refractivity contribution in [2.45, 2.75) is 26.1 Å². The van der Waals surface area contributed by atoms with Gasteiger partial charge in [0, 0.05) is 18.0 Å². The number of nitrogens with zero attached hydrogens (tertiary/aromatic N) is 1. The molecule has 12 heavy (non-hydrogen) atoms. The molecule has 0 saturated carbocycles. The summed E-state index contributed by atoms with van der Waals surface area (Å²) in [6.45, 7) is 3.43. The lowest BCUT2D eigenvalue weighted by molar-refractivity contribution is 0.0299. The molecular formula is C9H13NO2. The summed E-state index contributed by atoms with van der Waals surface area (Å²) in [5, 5.41) is 18.6. The van der Waals surface area contributed by atoms with Gasteiger partial charge in [0.15, 0.2) is 0 Å². The van der Waals surface area contributed by atoms with E-state index in [4.69, 9.17) is 5.11 Å². The van der Waals surface area contributed by atoms with E-state index in [1.807, 2.05) is 6.92 Å². The molecule has 66 valence electrons. The fraction of sp³-hybridized carbons (Fsp3) is 0.444. The third-order valence-electron chi connectivity index (χ3n) is 1.86. The van der Waals surface area contributed by atoms with Crippen LogP contribution < -0.4 is 0 Å². The van der Waals surface area contributed by atoms with Crippen LogP contribution in [-0.4, -0.2) is 21.3 Å². The smallest absolute Gasteiger partial charge is 0.106 e. The van der Waals surface area contributed by atoms with Gasteiger partial charge in [0.1, 0.15) is 6.10 Å². The number of aromatic nitrogens is 1. The second-order valence-electron chi connectivity index (χ2n) is 2.92. The fourth-order valence-electron chi connectivity index (χ4n) is 1.05. The van der Waals surface area contributed by atoms with Gasteiger partial charge in [0.25, 0.3) is 0 Å². The molecule has 3 nitrogen and oxygen atoms in total. The SMILES string of the molecule is Cc1ccncc1C(O)C(C)O. The van der Waals surface area contributed by atoms with Crippen molar-refractivity contribution in [3.8, 4) is 0 Å². The number of aliphatic hydroxyl groups is 2. The number of hydrogen-bond donors (Lipinski definition) is 2. The van der Waals surface area contributed by atoms with Crippen LogP contribution in [-0.2, 0) is 0 Å².